The van der Waals surface area contributed by atoms with Gasteiger partial charge >= 0.3 is 5.97 Å². The minimum absolute atomic E-state index is 0.103. The topological polar surface area (TPSA) is 96.4 Å². The predicted octanol–water partition coefficient (Wildman–Crippen LogP) is 3.24. The van der Waals surface area contributed by atoms with Crippen molar-refractivity contribution in [2.24, 2.45) is 11.8 Å². The highest BCUT2D eigenvalue weighted by Crippen LogP contribution is 2.64. The SMILES string of the molecule is C=CCCCCOC(=O)[C@H]1[C@H]2C(=O)N(CCCO)C(C(=O)N(CC=C)C(C)(C)C)C23CC[C@]1(CC)O3. The number of aliphatic hydroxyl groups is 1. The normalized spacial score (nSPS) is 30.9. The molecule has 3 heterocycles. The summed E-state index contributed by atoms with van der Waals surface area (Å²) < 4.78 is 12.4. The third-order valence-electron chi connectivity index (χ3n) is 8.16. The largest absolute Gasteiger partial charge is 0.465 e. The summed E-state index contributed by atoms with van der Waals surface area (Å²) in [5.74, 6) is -2.39. The number of ether oxygens (including phenoxy) is 2. The van der Waals surface area contributed by atoms with Gasteiger partial charge in [-0.05, 0) is 65.7 Å². The van der Waals surface area contributed by atoms with Crippen molar-refractivity contribution in [1.29, 1.82) is 0 Å². The molecule has 36 heavy (non-hydrogen) atoms. The van der Waals surface area contributed by atoms with Gasteiger partial charge in [-0.2, -0.15) is 0 Å². The van der Waals surface area contributed by atoms with Gasteiger partial charge in [0, 0.05) is 25.2 Å². The van der Waals surface area contributed by atoms with Gasteiger partial charge in [-0.1, -0.05) is 19.1 Å². The molecule has 3 saturated heterocycles. The first kappa shape index (κ1) is 28.4. The van der Waals surface area contributed by atoms with Gasteiger partial charge in [0.25, 0.3) is 0 Å². The summed E-state index contributed by atoms with van der Waals surface area (Å²) in [5, 5.41) is 9.51. The Hall–Kier alpha value is -2.19. The van der Waals surface area contributed by atoms with Crippen LogP contribution in [0.1, 0.15) is 72.6 Å². The average Bonchev–Trinajstić information content (AvgIpc) is 3.43. The van der Waals surface area contributed by atoms with Gasteiger partial charge in [0.2, 0.25) is 11.8 Å². The van der Waals surface area contributed by atoms with E-state index in [0.29, 0.717) is 32.2 Å². The zero-order chi connectivity index (χ0) is 26.7. The van der Waals surface area contributed by atoms with Crippen molar-refractivity contribution in [1.82, 2.24) is 9.80 Å². The Morgan fingerprint density at radius 3 is 2.53 bits per heavy atom. The van der Waals surface area contributed by atoms with Crippen LogP contribution in [-0.4, -0.2) is 81.8 Å². The fraction of sp³-hybridized carbons (Fsp3) is 0.750. The quantitative estimate of drug-likeness (QED) is 0.235. The second kappa shape index (κ2) is 11.1. The van der Waals surface area contributed by atoms with Crippen molar-refractivity contribution in [3.63, 3.8) is 0 Å². The third-order valence-corrected chi connectivity index (χ3v) is 8.16. The molecule has 3 aliphatic heterocycles. The highest BCUT2D eigenvalue weighted by atomic mass is 16.6. The number of carbonyl (C=O) groups is 3. The van der Waals surface area contributed by atoms with Gasteiger partial charge in [0.15, 0.2) is 0 Å². The van der Waals surface area contributed by atoms with Gasteiger partial charge in [0.1, 0.15) is 17.6 Å². The Balaban J connectivity index is 1.99. The molecule has 0 saturated carbocycles. The van der Waals surface area contributed by atoms with Crippen molar-refractivity contribution in [2.75, 3.05) is 26.3 Å². The number of fused-ring (bicyclic) bond motifs is 1. The smallest absolute Gasteiger partial charge is 0.312 e. The van der Waals surface area contributed by atoms with Crippen LogP contribution in [0.5, 0.6) is 0 Å². The van der Waals surface area contributed by atoms with Crippen LogP contribution in [0.4, 0.5) is 0 Å². The Bertz CT molecular complexity index is 867. The molecule has 0 aliphatic carbocycles. The van der Waals surface area contributed by atoms with Crippen LogP contribution in [0.2, 0.25) is 0 Å². The molecule has 0 aromatic carbocycles. The third kappa shape index (κ3) is 4.74. The highest BCUT2D eigenvalue weighted by Gasteiger charge is 2.79. The first-order valence-electron chi connectivity index (χ1n) is 13.4. The molecular weight excluding hydrogens is 460 g/mol. The number of hydrogen-bond donors (Lipinski definition) is 1. The minimum Gasteiger partial charge on any atom is -0.465 e. The maximum Gasteiger partial charge on any atom is 0.312 e. The van der Waals surface area contributed by atoms with E-state index < -0.39 is 40.6 Å². The molecule has 0 radical (unpaired) electrons. The first-order chi connectivity index (χ1) is 17.0. The lowest BCUT2D eigenvalue weighted by atomic mass is 9.65. The zero-order valence-corrected chi connectivity index (χ0v) is 22.5. The Morgan fingerprint density at radius 2 is 1.94 bits per heavy atom. The molecule has 1 spiro atoms. The molecule has 3 fully saturated rings. The summed E-state index contributed by atoms with van der Waals surface area (Å²) >= 11 is 0. The number of unbranched alkanes of at least 4 members (excludes halogenated alkanes) is 2. The number of nitrogens with zero attached hydrogens (tertiary/aromatic N) is 2. The number of aliphatic hydroxyl groups excluding tert-OH is 1. The van der Waals surface area contributed by atoms with Crippen molar-refractivity contribution in [3.8, 4) is 0 Å². The molecule has 2 amide bonds. The lowest BCUT2D eigenvalue weighted by molar-refractivity contribution is -0.162. The number of rotatable bonds is 13. The summed E-state index contributed by atoms with van der Waals surface area (Å²) in [6.45, 7) is 16.1. The van der Waals surface area contributed by atoms with Crippen LogP contribution in [0.3, 0.4) is 0 Å². The van der Waals surface area contributed by atoms with Crippen LogP contribution in [0.25, 0.3) is 0 Å². The van der Waals surface area contributed by atoms with E-state index in [9.17, 15) is 19.5 Å². The molecule has 5 atom stereocenters. The Labute approximate surface area is 215 Å². The van der Waals surface area contributed by atoms with Crippen LogP contribution in [0, 0.1) is 11.8 Å². The van der Waals surface area contributed by atoms with Crippen LogP contribution in [-0.2, 0) is 23.9 Å². The molecule has 2 unspecified atom stereocenters. The van der Waals surface area contributed by atoms with E-state index in [1.807, 2.05) is 33.8 Å². The standard InChI is InChI=1S/C28H44N2O6/c1-7-10-11-12-19-35-25(34)21-20-23(32)29(17-13-18-31)22(24(33)30(16-8-2)26(4,5)6)28(20)15-14-27(21,9-3)36-28/h7-8,20-22,31H,1-2,9-19H2,3-6H3/t20-,21+,22?,27-,28?/m0/s1. The monoisotopic (exact) mass is 504 g/mol. The molecule has 3 rings (SSSR count). The van der Waals surface area contributed by atoms with Crippen molar-refractivity contribution < 1.29 is 29.0 Å². The fourth-order valence-corrected chi connectivity index (χ4v) is 6.46. The summed E-state index contributed by atoms with van der Waals surface area (Å²) in [7, 11) is 0. The van der Waals surface area contributed by atoms with E-state index in [1.165, 1.54) is 0 Å². The molecule has 202 valence electrons. The van der Waals surface area contributed by atoms with E-state index in [0.717, 1.165) is 19.3 Å². The second-order valence-corrected chi connectivity index (χ2v) is 11.3. The average molecular weight is 505 g/mol. The molecule has 8 heteroatoms. The van der Waals surface area contributed by atoms with E-state index in [-0.39, 0.29) is 31.6 Å². The fourth-order valence-electron chi connectivity index (χ4n) is 6.46. The highest BCUT2D eigenvalue weighted by molar-refractivity contribution is 5.98. The summed E-state index contributed by atoms with van der Waals surface area (Å²) in [6.07, 6.45) is 7.99. The number of amides is 2. The Morgan fingerprint density at radius 1 is 1.22 bits per heavy atom. The van der Waals surface area contributed by atoms with Gasteiger partial charge in [-0.15, -0.1) is 13.2 Å². The molecule has 0 aromatic rings. The van der Waals surface area contributed by atoms with Crippen molar-refractivity contribution in [3.05, 3.63) is 25.3 Å². The van der Waals surface area contributed by atoms with Crippen LogP contribution < -0.4 is 0 Å². The summed E-state index contributed by atoms with van der Waals surface area (Å²) in [5.41, 5.74) is -2.41. The van der Waals surface area contributed by atoms with Crippen molar-refractivity contribution in [2.45, 2.75) is 95.4 Å². The molecule has 3 aliphatic rings. The molecular formula is C28H44N2O6. The maximum absolute atomic E-state index is 14.2. The Kier molecular flexibility index (Phi) is 8.71. The molecule has 0 aromatic heterocycles. The molecule has 1 N–H and O–H groups in total. The second-order valence-electron chi connectivity index (χ2n) is 11.3. The van der Waals surface area contributed by atoms with Crippen LogP contribution >= 0.6 is 0 Å². The summed E-state index contributed by atoms with van der Waals surface area (Å²) in [4.78, 5) is 44.9. The lowest BCUT2D eigenvalue weighted by Crippen LogP contribution is -2.60. The van der Waals surface area contributed by atoms with E-state index in [2.05, 4.69) is 13.2 Å². The number of allylic oxidation sites excluding steroid dienone is 1. The van der Waals surface area contributed by atoms with Gasteiger partial charge < -0.3 is 24.4 Å². The van der Waals surface area contributed by atoms with E-state index >= 15 is 0 Å². The zero-order valence-electron chi connectivity index (χ0n) is 22.5. The summed E-state index contributed by atoms with van der Waals surface area (Å²) in [6, 6.07) is -0.862. The predicted molar refractivity (Wildman–Crippen MR) is 137 cm³/mol. The van der Waals surface area contributed by atoms with Gasteiger partial charge in [0.05, 0.1) is 18.1 Å². The number of hydrogen-bond acceptors (Lipinski definition) is 6. The minimum atomic E-state index is -1.09. The van der Waals surface area contributed by atoms with E-state index in [1.54, 1.807) is 15.9 Å². The van der Waals surface area contributed by atoms with Gasteiger partial charge in [-0.25, -0.2) is 0 Å². The molecule has 2 bridgehead atoms. The number of carbonyl (C=O) groups excluding carboxylic acids is 3. The maximum atomic E-state index is 14.2. The van der Waals surface area contributed by atoms with Crippen molar-refractivity contribution >= 4 is 17.8 Å². The van der Waals surface area contributed by atoms with E-state index in [4.69, 9.17) is 9.47 Å². The lowest BCUT2D eigenvalue weighted by Gasteiger charge is -2.42. The first-order valence-corrected chi connectivity index (χ1v) is 13.4. The number of esters is 1. The van der Waals surface area contributed by atoms with Crippen LogP contribution in [0.15, 0.2) is 25.3 Å². The number of likely N-dealkylation sites (tertiary alicyclic amines) is 1. The van der Waals surface area contributed by atoms with Gasteiger partial charge in [-0.3, -0.25) is 14.4 Å². The molecule has 8 nitrogen and oxygen atoms in total.